The van der Waals surface area contributed by atoms with Crippen LogP contribution in [0.2, 0.25) is 0 Å². The van der Waals surface area contributed by atoms with E-state index in [1.807, 2.05) is 0 Å². The van der Waals surface area contributed by atoms with Crippen LogP contribution in [0.4, 0.5) is 11.5 Å². The van der Waals surface area contributed by atoms with Crippen molar-refractivity contribution in [3.05, 3.63) is 36.2 Å². The van der Waals surface area contributed by atoms with E-state index >= 15 is 0 Å². The molecule has 0 amide bonds. The predicted molar refractivity (Wildman–Crippen MR) is 83.2 cm³/mol. The third kappa shape index (κ3) is 2.33. The number of likely N-dealkylation sites (N-methyl/N-ethyl adjacent to an activating group) is 1. The van der Waals surface area contributed by atoms with Crippen LogP contribution in [0.5, 0.6) is 0 Å². The van der Waals surface area contributed by atoms with Crippen LogP contribution in [0.15, 0.2) is 30.6 Å². The number of rotatable bonds is 4. The second-order valence-corrected chi connectivity index (χ2v) is 5.20. The van der Waals surface area contributed by atoms with Crippen LogP contribution >= 0.6 is 0 Å². The lowest BCUT2D eigenvalue weighted by Gasteiger charge is -2.13. The first-order chi connectivity index (χ1) is 9.79. The minimum atomic E-state index is 0.876. The molecule has 0 aliphatic carbocycles. The highest BCUT2D eigenvalue weighted by Gasteiger charge is 2.17. The van der Waals surface area contributed by atoms with Gasteiger partial charge in [0.1, 0.15) is 5.69 Å². The first-order valence-corrected chi connectivity index (χ1v) is 7.19. The van der Waals surface area contributed by atoms with E-state index in [-0.39, 0.29) is 0 Å². The lowest BCUT2D eigenvalue weighted by Crippen LogP contribution is -2.12. The van der Waals surface area contributed by atoms with E-state index in [2.05, 4.69) is 52.4 Å². The van der Waals surface area contributed by atoms with Crippen molar-refractivity contribution in [1.82, 2.24) is 9.97 Å². The zero-order valence-corrected chi connectivity index (χ0v) is 12.1. The molecule has 1 aromatic heterocycles. The molecule has 2 aromatic rings. The van der Waals surface area contributed by atoms with Crippen LogP contribution in [0.1, 0.15) is 18.9 Å². The van der Waals surface area contributed by atoms with E-state index in [0.717, 1.165) is 43.0 Å². The summed E-state index contributed by atoms with van der Waals surface area (Å²) in [5.41, 5.74) is 4.82. The van der Waals surface area contributed by atoms with Crippen LogP contribution in [0.3, 0.4) is 0 Å². The van der Waals surface area contributed by atoms with Gasteiger partial charge in [0.15, 0.2) is 5.82 Å². The molecule has 1 aliphatic heterocycles. The van der Waals surface area contributed by atoms with Gasteiger partial charge >= 0.3 is 0 Å². The van der Waals surface area contributed by atoms with Gasteiger partial charge in [-0.2, -0.15) is 0 Å². The van der Waals surface area contributed by atoms with E-state index in [4.69, 9.17) is 0 Å². The van der Waals surface area contributed by atoms with Crippen molar-refractivity contribution in [1.29, 1.82) is 0 Å². The Bertz CT molecular complexity index is 609. The summed E-state index contributed by atoms with van der Waals surface area (Å²) in [7, 11) is 2.14. The number of hydrogen-bond donors (Lipinski definition) is 1. The Kier molecular flexibility index (Phi) is 3.54. The average Bonchev–Trinajstić information content (AvgIpc) is 2.86. The minimum Gasteiger partial charge on any atom is -0.374 e. The quantitative estimate of drug-likeness (QED) is 0.925. The largest absolute Gasteiger partial charge is 0.374 e. The molecule has 4 heteroatoms. The summed E-state index contributed by atoms with van der Waals surface area (Å²) in [6, 6.07) is 6.58. The van der Waals surface area contributed by atoms with Crippen molar-refractivity contribution >= 4 is 11.5 Å². The highest BCUT2D eigenvalue weighted by Crippen LogP contribution is 2.32. The third-order valence-electron chi connectivity index (χ3n) is 3.72. The summed E-state index contributed by atoms with van der Waals surface area (Å²) in [6.45, 7) is 4.16. The number of fused-ring (bicyclic) bond motifs is 1. The summed E-state index contributed by atoms with van der Waals surface area (Å²) in [6.07, 6.45) is 5.68. The fourth-order valence-electron chi connectivity index (χ4n) is 2.64. The maximum Gasteiger partial charge on any atom is 0.152 e. The molecule has 1 aromatic carbocycles. The molecule has 0 spiro atoms. The smallest absolute Gasteiger partial charge is 0.152 e. The van der Waals surface area contributed by atoms with E-state index in [0.29, 0.717) is 0 Å². The van der Waals surface area contributed by atoms with Crippen LogP contribution in [0.25, 0.3) is 11.3 Å². The number of hydrogen-bond acceptors (Lipinski definition) is 4. The van der Waals surface area contributed by atoms with Gasteiger partial charge in [0.25, 0.3) is 0 Å². The monoisotopic (exact) mass is 268 g/mol. The van der Waals surface area contributed by atoms with E-state index in [9.17, 15) is 0 Å². The zero-order valence-electron chi connectivity index (χ0n) is 12.1. The second kappa shape index (κ2) is 5.49. The van der Waals surface area contributed by atoms with Crippen LogP contribution in [-0.4, -0.2) is 30.1 Å². The molecule has 20 heavy (non-hydrogen) atoms. The van der Waals surface area contributed by atoms with E-state index in [1.54, 1.807) is 12.4 Å². The van der Waals surface area contributed by atoms with Gasteiger partial charge in [-0.3, -0.25) is 4.98 Å². The fourth-order valence-corrected chi connectivity index (χ4v) is 2.64. The van der Waals surface area contributed by atoms with E-state index in [1.165, 1.54) is 11.3 Å². The summed E-state index contributed by atoms with van der Waals surface area (Å²) in [5, 5.41) is 3.35. The molecule has 3 rings (SSSR count). The first kappa shape index (κ1) is 12.9. The van der Waals surface area contributed by atoms with Gasteiger partial charge in [-0.15, -0.1) is 0 Å². The van der Waals surface area contributed by atoms with Gasteiger partial charge in [-0.05, 0) is 30.5 Å². The molecule has 0 saturated heterocycles. The molecule has 0 saturated carbocycles. The van der Waals surface area contributed by atoms with Crippen molar-refractivity contribution in [2.24, 2.45) is 0 Å². The Morgan fingerprint density at radius 3 is 2.95 bits per heavy atom. The van der Waals surface area contributed by atoms with Gasteiger partial charge in [-0.25, -0.2) is 4.98 Å². The Balaban J connectivity index is 1.97. The van der Waals surface area contributed by atoms with Gasteiger partial charge in [-0.1, -0.05) is 13.0 Å². The molecule has 1 N–H and O–H groups in total. The molecule has 2 heterocycles. The van der Waals surface area contributed by atoms with Crippen molar-refractivity contribution in [2.75, 3.05) is 30.4 Å². The summed E-state index contributed by atoms with van der Waals surface area (Å²) in [4.78, 5) is 11.2. The van der Waals surface area contributed by atoms with Crippen molar-refractivity contribution in [2.45, 2.75) is 19.8 Å². The molecule has 1 aliphatic rings. The number of aromatic nitrogens is 2. The lowest BCUT2D eigenvalue weighted by atomic mass is 10.1. The van der Waals surface area contributed by atoms with Gasteiger partial charge in [0, 0.05) is 43.8 Å². The van der Waals surface area contributed by atoms with Crippen LogP contribution in [-0.2, 0) is 6.42 Å². The number of nitrogens with zero attached hydrogens (tertiary/aromatic N) is 3. The summed E-state index contributed by atoms with van der Waals surface area (Å²) >= 11 is 0. The predicted octanol–water partition coefficient (Wildman–Crippen LogP) is 2.96. The SMILES string of the molecule is CCCNc1nccnc1-c1ccc2c(c1)CCN2C. The number of benzene rings is 1. The Morgan fingerprint density at radius 2 is 2.10 bits per heavy atom. The Hall–Kier alpha value is -2.10. The molecular weight excluding hydrogens is 248 g/mol. The first-order valence-electron chi connectivity index (χ1n) is 7.19. The summed E-state index contributed by atoms with van der Waals surface area (Å²) in [5.74, 6) is 0.876. The molecule has 0 radical (unpaired) electrons. The van der Waals surface area contributed by atoms with Crippen molar-refractivity contribution in [3.63, 3.8) is 0 Å². The zero-order chi connectivity index (χ0) is 13.9. The van der Waals surface area contributed by atoms with Gasteiger partial charge in [0.2, 0.25) is 0 Å². The minimum absolute atomic E-state index is 0.876. The molecular formula is C16H20N4. The molecule has 0 atom stereocenters. The second-order valence-electron chi connectivity index (χ2n) is 5.20. The average molecular weight is 268 g/mol. The standard InChI is InChI=1S/C16H20N4/c1-3-7-18-16-15(17-8-9-19-16)13-4-5-14-12(11-13)6-10-20(14)2/h4-5,8-9,11H,3,6-7,10H2,1-2H3,(H,18,19). The molecule has 104 valence electrons. The van der Waals surface area contributed by atoms with Crippen molar-refractivity contribution < 1.29 is 0 Å². The van der Waals surface area contributed by atoms with Gasteiger partial charge < -0.3 is 10.2 Å². The molecule has 4 nitrogen and oxygen atoms in total. The molecule has 0 bridgehead atoms. The van der Waals surface area contributed by atoms with Crippen molar-refractivity contribution in [3.8, 4) is 11.3 Å². The maximum absolute atomic E-state index is 4.51. The number of nitrogens with one attached hydrogen (secondary N) is 1. The Labute approximate surface area is 119 Å². The van der Waals surface area contributed by atoms with E-state index < -0.39 is 0 Å². The van der Waals surface area contributed by atoms with Gasteiger partial charge in [0.05, 0.1) is 0 Å². The van der Waals surface area contributed by atoms with Crippen LogP contribution < -0.4 is 10.2 Å². The number of anilines is 2. The highest BCUT2D eigenvalue weighted by molar-refractivity contribution is 5.75. The highest BCUT2D eigenvalue weighted by atomic mass is 15.1. The maximum atomic E-state index is 4.51. The summed E-state index contributed by atoms with van der Waals surface area (Å²) < 4.78 is 0. The fraction of sp³-hybridized carbons (Fsp3) is 0.375. The Morgan fingerprint density at radius 1 is 1.25 bits per heavy atom. The molecule has 0 fully saturated rings. The third-order valence-corrected chi connectivity index (χ3v) is 3.72. The normalized spacial score (nSPS) is 13.4. The van der Waals surface area contributed by atoms with Crippen LogP contribution in [0, 0.1) is 0 Å². The molecule has 0 unspecified atom stereocenters. The topological polar surface area (TPSA) is 41.1 Å². The lowest BCUT2D eigenvalue weighted by molar-refractivity contribution is 0.956.